The molecule has 0 aromatic heterocycles. The van der Waals surface area contributed by atoms with Crippen LogP contribution in [-0.2, 0) is 4.79 Å². The van der Waals surface area contributed by atoms with E-state index in [0.29, 0.717) is 0 Å². The van der Waals surface area contributed by atoms with Gasteiger partial charge in [-0.1, -0.05) is 159 Å². The molecule has 4 N–H and O–H groups in total. The van der Waals surface area contributed by atoms with Crippen LogP contribution in [0, 0.1) is 0 Å². The van der Waals surface area contributed by atoms with Crippen LogP contribution < -0.4 is 5.32 Å². The van der Waals surface area contributed by atoms with Crippen LogP contribution in [0.1, 0.15) is 168 Å². The summed E-state index contributed by atoms with van der Waals surface area (Å²) in [5.74, 6) is -0.601. The van der Waals surface area contributed by atoms with Crippen LogP contribution in [0.5, 0.6) is 0 Å². The molecule has 0 bridgehead atoms. The summed E-state index contributed by atoms with van der Waals surface area (Å²) >= 11 is 0. The first kappa shape index (κ1) is 40.6. The average Bonchev–Trinajstić information content (AvgIpc) is 2.98. The van der Waals surface area contributed by atoms with Crippen molar-refractivity contribution in [3.8, 4) is 0 Å². The minimum absolute atomic E-state index is 0.399. The zero-order valence-electron chi connectivity index (χ0n) is 27.8. The molecule has 0 aliphatic rings. The van der Waals surface area contributed by atoms with Crippen LogP contribution in [0.2, 0.25) is 0 Å². The first-order valence-corrected chi connectivity index (χ1v) is 17.7. The van der Waals surface area contributed by atoms with Gasteiger partial charge < -0.3 is 20.6 Å². The zero-order chi connectivity index (χ0) is 31.1. The maximum absolute atomic E-state index is 12.3. The van der Waals surface area contributed by atoms with Gasteiger partial charge in [0.25, 0.3) is 5.91 Å². The van der Waals surface area contributed by atoms with Gasteiger partial charge in [0.05, 0.1) is 18.8 Å². The van der Waals surface area contributed by atoms with Gasteiger partial charge >= 0.3 is 0 Å². The fraction of sp³-hybridized carbons (Fsp3) is 0.811. The number of carbonyl (C=O) groups is 1. The van der Waals surface area contributed by atoms with Crippen molar-refractivity contribution in [3.05, 3.63) is 36.0 Å². The molecule has 0 saturated carbocycles. The Bertz CT molecular complexity index is 687. The largest absolute Gasteiger partial charge is 0.394 e. The second kappa shape index (κ2) is 31.0. The maximum Gasteiger partial charge on any atom is 0.253 e. The highest BCUT2D eigenvalue weighted by Gasteiger charge is 2.21. The molecule has 0 aliphatic carbocycles. The zero-order valence-corrected chi connectivity index (χ0v) is 27.8. The summed E-state index contributed by atoms with van der Waals surface area (Å²) in [6, 6.07) is -0.845. The van der Waals surface area contributed by atoms with E-state index in [0.717, 1.165) is 32.1 Å². The van der Waals surface area contributed by atoms with Crippen molar-refractivity contribution in [3.63, 3.8) is 0 Å². The van der Waals surface area contributed by atoms with Gasteiger partial charge in [-0.15, -0.1) is 0 Å². The van der Waals surface area contributed by atoms with Crippen LogP contribution in [0.25, 0.3) is 0 Å². The lowest BCUT2D eigenvalue weighted by Gasteiger charge is -2.20. The monoisotopic (exact) mass is 592 g/mol. The molecular formula is C37H69NO4. The number of hydrogen-bond donors (Lipinski definition) is 4. The summed E-state index contributed by atoms with van der Waals surface area (Å²) in [6.07, 6.45) is 35.4. The lowest BCUT2D eigenvalue weighted by atomic mass is 10.0. The summed E-state index contributed by atoms with van der Waals surface area (Å²) < 4.78 is 0. The highest BCUT2D eigenvalue weighted by Crippen LogP contribution is 2.14. The molecule has 42 heavy (non-hydrogen) atoms. The van der Waals surface area contributed by atoms with Gasteiger partial charge in [-0.3, -0.25) is 4.79 Å². The molecule has 0 radical (unpaired) electrons. The molecule has 5 nitrogen and oxygen atoms in total. The average molecular weight is 592 g/mol. The SMILES string of the molecule is CCCCCCCCCCCCCC/C=C/[C@@H](O)C(=O)N[C@@H](CO)[C@H](O)/C=C/CC/C=C(\C)CCCCCCCCC. The van der Waals surface area contributed by atoms with Gasteiger partial charge in [0.15, 0.2) is 6.10 Å². The van der Waals surface area contributed by atoms with E-state index in [9.17, 15) is 20.1 Å². The minimum atomic E-state index is -1.28. The van der Waals surface area contributed by atoms with Crippen molar-refractivity contribution >= 4 is 5.91 Å². The van der Waals surface area contributed by atoms with Crippen molar-refractivity contribution in [2.45, 2.75) is 187 Å². The van der Waals surface area contributed by atoms with E-state index in [4.69, 9.17) is 0 Å². The molecule has 0 spiro atoms. The number of nitrogens with one attached hydrogen (secondary N) is 1. The number of hydrogen-bond acceptors (Lipinski definition) is 4. The van der Waals surface area contributed by atoms with Crippen molar-refractivity contribution in [1.82, 2.24) is 5.32 Å². The molecular weight excluding hydrogens is 522 g/mol. The Morgan fingerprint density at radius 3 is 1.64 bits per heavy atom. The molecule has 0 rings (SSSR count). The fourth-order valence-corrected chi connectivity index (χ4v) is 5.18. The first-order valence-electron chi connectivity index (χ1n) is 17.7. The first-order chi connectivity index (χ1) is 20.5. The summed E-state index contributed by atoms with van der Waals surface area (Å²) in [7, 11) is 0. The highest BCUT2D eigenvalue weighted by atomic mass is 16.3. The molecule has 0 aromatic carbocycles. The summed E-state index contributed by atoms with van der Waals surface area (Å²) in [6.45, 7) is 6.29. The lowest BCUT2D eigenvalue weighted by molar-refractivity contribution is -0.128. The van der Waals surface area contributed by atoms with Crippen molar-refractivity contribution in [2.24, 2.45) is 0 Å². The Kier molecular flexibility index (Phi) is 30.0. The second-order valence-electron chi connectivity index (χ2n) is 12.3. The van der Waals surface area contributed by atoms with Crippen LogP contribution in [-0.4, -0.2) is 46.1 Å². The number of aliphatic hydroxyl groups is 3. The minimum Gasteiger partial charge on any atom is -0.394 e. The molecule has 246 valence electrons. The molecule has 5 heteroatoms. The van der Waals surface area contributed by atoms with Crippen molar-refractivity contribution in [2.75, 3.05) is 6.61 Å². The van der Waals surface area contributed by atoms with Crippen LogP contribution >= 0.6 is 0 Å². The van der Waals surface area contributed by atoms with Gasteiger partial charge in [-0.2, -0.15) is 0 Å². The molecule has 3 atom stereocenters. The molecule has 0 saturated heterocycles. The Balaban J connectivity index is 3.99. The number of rotatable bonds is 30. The van der Waals surface area contributed by atoms with Crippen LogP contribution in [0.4, 0.5) is 0 Å². The predicted molar refractivity (Wildman–Crippen MR) is 181 cm³/mol. The summed E-state index contributed by atoms with van der Waals surface area (Å²) in [5.41, 5.74) is 1.42. The Labute approximate surface area is 260 Å². The van der Waals surface area contributed by atoms with Gasteiger partial charge in [0.2, 0.25) is 0 Å². The summed E-state index contributed by atoms with van der Waals surface area (Å²) in [4.78, 5) is 12.3. The molecule has 0 heterocycles. The number of unbranched alkanes of at least 4 members (excludes halogenated alkanes) is 19. The van der Waals surface area contributed by atoms with E-state index in [2.05, 4.69) is 32.2 Å². The fourth-order valence-electron chi connectivity index (χ4n) is 5.18. The van der Waals surface area contributed by atoms with Gasteiger partial charge in [0, 0.05) is 0 Å². The Morgan fingerprint density at radius 1 is 0.643 bits per heavy atom. The number of carbonyl (C=O) groups excluding carboxylic acids is 1. The van der Waals surface area contributed by atoms with Crippen molar-refractivity contribution < 1.29 is 20.1 Å². The number of amides is 1. The standard InChI is InChI=1S/C37H69NO4/c1-4-6-8-10-12-13-14-15-16-17-18-20-22-26-31-36(41)37(42)38-34(32-39)35(40)30-27-23-25-29-33(3)28-24-21-19-11-9-7-5-2/h26-27,29-31,34-36,39-41H,4-25,28,32H2,1-3H3,(H,38,42)/b30-27+,31-26+,33-29+/t34-,35+,36+/m0/s1. The van der Waals surface area contributed by atoms with E-state index in [-0.39, 0.29) is 0 Å². The molecule has 0 aromatic rings. The highest BCUT2D eigenvalue weighted by molar-refractivity contribution is 5.82. The van der Waals surface area contributed by atoms with Crippen molar-refractivity contribution in [1.29, 1.82) is 0 Å². The second-order valence-corrected chi connectivity index (χ2v) is 12.3. The normalized spacial score (nSPS) is 14.6. The lowest BCUT2D eigenvalue weighted by Crippen LogP contribution is -2.48. The van der Waals surface area contributed by atoms with Gasteiger partial charge in [-0.25, -0.2) is 0 Å². The Morgan fingerprint density at radius 2 is 1.12 bits per heavy atom. The topological polar surface area (TPSA) is 89.8 Å². The van der Waals surface area contributed by atoms with E-state index in [1.165, 1.54) is 127 Å². The van der Waals surface area contributed by atoms with Crippen LogP contribution in [0.3, 0.4) is 0 Å². The number of aliphatic hydroxyl groups excluding tert-OH is 3. The Hall–Kier alpha value is -1.43. The van der Waals surface area contributed by atoms with E-state index < -0.39 is 30.8 Å². The smallest absolute Gasteiger partial charge is 0.253 e. The van der Waals surface area contributed by atoms with E-state index in [1.54, 1.807) is 6.08 Å². The van der Waals surface area contributed by atoms with E-state index >= 15 is 0 Å². The third-order valence-electron chi connectivity index (χ3n) is 8.08. The maximum atomic E-state index is 12.3. The molecule has 0 unspecified atom stereocenters. The molecule has 0 fully saturated rings. The van der Waals surface area contributed by atoms with Gasteiger partial charge in [-0.05, 0) is 45.4 Å². The van der Waals surface area contributed by atoms with Crippen LogP contribution in [0.15, 0.2) is 36.0 Å². The quantitative estimate of drug-likeness (QED) is 0.0495. The third kappa shape index (κ3) is 26.2. The van der Waals surface area contributed by atoms with E-state index in [1.807, 2.05) is 12.2 Å². The number of allylic oxidation sites excluding steroid dienone is 4. The third-order valence-corrected chi connectivity index (χ3v) is 8.08. The summed E-state index contributed by atoms with van der Waals surface area (Å²) in [5, 5.41) is 32.8. The van der Waals surface area contributed by atoms with Gasteiger partial charge in [0.1, 0.15) is 0 Å². The predicted octanol–water partition coefficient (Wildman–Crippen LogP) is 9.26. The molecule has 1 amide bonds. The molecule has 0 aliphatic heterocycles.